The number of hydrogen-bond acceptors (Lipinski definition) is 4. The lowest BCUT2D eigenvalue weighted by Crippen LogP contribution is -2.12. The standard InChI is InChI=1S/C20H20N4OS/c1-2-3-10-21-20-24(18(14-26-20)19-9-6-11-25-19)23-13-15-12-22-17-8-5-4-7-16(15)17/h4-9,11-14,22H,2-3,10H2,1H3. The van der Waals surface area contributed by atoms with Crippen molar-refractivity contribution >= 4 is 28.5 Å². The third-order valence-electron chi connectivity index (χ3n) is 4.15. The van der Waals surface area contributed by atoms with Gasteiger partial charge in [-0.2, -0.15) is 5.10 Å². The molecule has 0 aliphatic rings. The molecule has 5 nitrogen and oxygen atoms in total. The van der Waals surface area contributed by atoms with Crippen LogP contribution in [0.2, 0.25) is 0 Å². The van der Waals surface area contributed by atoms with E-state index in [1.54, 1.807) is 17.6 Å². The molecule has 3 aromatic heterocycles. The number of hydrogen-bond donors (Lipinski definition) is 1. The van der Waals surface area contributed by atoms with Gasteiger partial charge in [-0.3, -0.25) is 4.99 Å². The van der Waals surface area contributed by atoms with E-state index in [2.05, 4.69) is 24.0 Å². The molecule has 0 saturated heterocycles. The van der Waals surface area contributed by atoms with Gasteiger partial charge in [-0.05, 0) is 24.6 Å². The number of rotatable bonds is 6. The Labute approximate surface area is 155 Å². The smallest absolute Gasteiger partial charge is 0.206 e. The summed E-state index contributed by atoms with van der Waals surface area (Å²) in [5.41, 5.74) is 3.05. The molecule has 0 fully saturated rings. The van der Waals surface area contributed by atoms with Gasteiger partial charge < -0.3 is 9.40 Å². The van der Waals surface area contributed by atoms with E-state index < -0.39 is 0 Å². The molecule has 0 unspecified atom stereocenters. The number of unbranched alkanes of at least 4 members (excludes halogenated alkanes) is 1. The largest absolute Gasteiger partial charge is 0.463 e. The summed E-state index contributed by atoms with van der Waals surface area (Å²) in [5.74, 6) is 0.786. The highest BCUT2D eigenvalue weighted by molar-refractivity contribution is 7.07. The average Bonchev–Trinajstić information content (AvgIpc) is 3.40. The minimum absolute atomic E-state index is 0.786. The quantitative estimate of drug-likeness (QED) is 0.385. The van der Waals surface area contributed by atoms with Gasteiger partial charge in [0.1, 0.15) is 5.69 Å². The molecule has 132 valence electrons. The molecular weight excluding hydrogens is 344 g/mol. The molecule has 0 aliphatic heterocycles. The van der Waals surface area contributed by atoms with E-state index in [9.17, 15) is 0 Å². The number of thiazole rings is 1. The summed E-state index contributed by atoms with van der Waals surface area (Å²) in [7, 11) is 0. The number of para-hydroxylation sites is 1. The highest BCUT2D eigenvalue weighted by Gasteiger charge is 2.10. The van der Waals surface area contributed by atoms with Crippen molar-refractivity contribution in [2.24, 2.45) is 10.1 Å². The van der Waals surface area contributed by atoms with E-state index in [0.717, 1.165) is 52.1 Å². The Morgan fingerprint density at radius 1 is 1.23 bits per heavy atom. The maximum atomic E-state index is 5.57. The first-order valence-corrected chi connectivity index (χ1v) is 9.60. The van der Waals surface area contributed by atoms with Crippen LogP contribution in [0.25, 0.3) is 22.4 Å². The number of furan rings is 1. The second kappa shape index (κ2) is 7.58. The van der Waals surface area contributed by atoms with Crippen molar-refractivity contribution in [1.29, 1.82) is 0 Å². The maximum Gasteiger partial charge on any atom is 0.206 e. The summed E-state index contributed by atoms with van der Waals surface area (Å²) in [6, 6.07) is 12.0. The van der Waals surface area contributed by atoms with Gasteiger partial charge in [-0.25, -0.2) is 4.68 Å². The number of nitrogens with zero attached hydrogens (tertiary/aromatic N) is 3. The van der Waals surface area contributed by atoms with Crippen LogP contribution in [0.15, 0.2) is 68.7 Å². The molecule has 0 spiro atoms. The fraction of sp³-hybridized carbons (Fsp3) is 0.200. The van der Waals surface area contributed by atoms with Crippen LogP contribution in [0.4, 0.5) is 0 Å². The molecule has 1 aromatic carbocycles. The number of nitrogens with one attached hydrogen (secondary N) is 1. The van der Waals surface area contributed by atoms with E-state index >= 15 is 0 Å². The van der Waals surface area contributed by atoms with E-state index in [4.69, 9.17) is 14.5 Å². The van der Waals surface area contributed by atoms with Crippen LogP contribution in [-0.2, 0) is 0 Å². The van der Waals surface area contributed by atoms with Gasteiger partial charge in [0.25, 0.3) is 0 Å². The van der Waals surface area contributed by atoms with Crippen LogP contribution in [0.1, 0.15) is 25.3 Å². The Balaban J connectivity index is 1.76. The summed E-state index contributed by atoms with van der Waals surface area (Å²) in [6.45, 7) is 2.97. The van der Waals surface area contributed by atoms with Crippen LogP contribution in [0, 0.1) is 0 Å². The van der Waals surface area contributed by atoms with Crippen LogP contribution >= 0.6 is 11.3 Å². The molecule has 0 atom stereocenters. The lowest BCUT2D eigenvalue weighted by molar-refractivity contribution is 0.575. The summed E-state index contributed by atoms with van der Waals surface area (Å²) >= 11 is 1.58. The fourth-order valence-corrected chi connectivity index (χ4v) is 3.61. The van der Waals surface area contributed by atoms with E-state index in [1.165, 1.54) is 0 Å². The van der Waals surface area contributed by atoms with Crippen molar-refractivity contribution < 1.29 is 4.42 Å². The summed E-state index contributed by atoms with van der Waals surface area (Å²) < 4.78 is 7.43. The Hall–Kier alpha value is -2.86. The molecular formula is C20H20N4OS. The average molecular weight is 364 g/mol. The normalized spacial score (nSPS) is 12.6. The number of aromatic amines is 1. The molecule has 26 heavy (non-hydrogen) atoms. The SMILES string of the molecule is CCCCN=c1scc(-c2ccco2)n1N=Cc1c[nH]c2ccccc12. The molecule has 0 radical (unpaired) electrons. The molecule has 3 heterocycles. The minimum Gasteiger partial charge on any atom is -0.463 e. The van der Waals surface area contributed by atoms with Crippen LogP contribution in [0.5, 0.6) is 0 Å². The lowest BCUT2D eigenvalue weighted by Gasteiger charge is -2.00. The summed E-state index contributed by atoms with van der Waals surface area (Å²) in [4.78, 5) is 8.86. The maximum absolute atomic E-state index is 5.57. The first-order valence-electron chi connectivity index (χ1n) is 8.72. The molecule has 1 N–H and O–H groups in total. The number of H-pyrrole nitrogens is 1. The van der Waals surface area contributed by atoms with Gasteiger partial charge in [0.15, 0.2) is 5.76 Å². The molecule has 0 amide bonds. The predicted octanol–water partition coefficient (Wildman–Crippen LogP) is 4.87. The lowest BCUT2D eigenvalue weighted by atomic mass is 10.2. The van der Waals surface area contributed by atoms with E-state index in [1.807, 2.05) is 46.7 Å². The highest BCUT2D eigenvalue weighted by atomic mass is 32.1. The number of aromatic nitrogens is 2. The van der Waals surface area contributed by atoms with Crippen molar-refractivity contribution in [1.82, 2.24) is 9.66 Å². The van der Waals surface area contributed by atoms with E-state index in [0.29, 0.717) is 0 Å². The minimum atomic E-state index is 0.786. The van der Waals surface area contributed by atoms with Gasteiger partial charge in [-0.1, -0.05) is 31.5 Å². The molecule has 0 saturated carbocycles. The first kappa shape index (κ1) is 16.6. The molecule has 4 rings (SSSR count). The predicted molar refractivity (Wildman–Crippen MR) is 107 cm³/mol. The van der Waals surface area contributed by atoms with Gasteiger partial charge in [0.05, 0.1) is 12.5 Å². The van der Waals surface area contributed by atoms with Crippen molar-refractivity contribution in [2.75, 3.05) is 6.54 Å². The van der Waals surface area contributed by atoms with Crippen molar-refractivity contribution in [2.45, 2.75) is 19.8 Å². The second-order valence-electron chi connectivity index (χ2n) is 5.96. The zero-order chi connectivity index (χ0) is 17.8. The second-order valence-corrected chi connectivity index (χ2v) is 6.80. The Morgan fingerprint density at radius 3 is 3.00 bits per heavy atom. The monoisotopic (exact) mass is 364 g/mol. The van der Waals surface area contributed by atoms with Gasteiger partial charge in [0.2, 0.25) is 4.80 Å². The summed E-state index contributed by atoms with van der Waals surface area (Å²) in [5, 5.41) is 7.91. The van der Waals surface area contributed by atoms with Crippen molar-refractivity contribution in [3.05, 3.63) is 64.6 Å². The highest BCUT2D eigenvalue weighted by Crippen LogP contribution is 2.21. The van der Waals surface area contributed by atoms with Crippen molar-refractivity contribution in [3.63, 3.8) is 0 Å². The Morgan fingerprint density at radius 2 is 2.15 bits per heavy atom. The van der Waals surface area contributed by atoms with Crippen LogP contribution in [-0.4, -0.2) is 22.4 Å². The zero-order valence-electron chi connectivity index (χ0n) is 14.6. The van der Waals surface area contributed by atoms with Crippen LogP contribution < -0.4 is 4.80 Å². The fourth-order valence-electron chi connectivity index (χ4n) is 2.77. The van der Waals surface area contributed by atoms with Crippen LogP contribution in [0.3, 0.4) is 0 Å². The topological polar surface area (TPSA) is 58.6 Å². The molecule has 0 bridgehead atoms. The summed E-state index contributed by atoms with van der Waals surface area (Å²) in [6.07, 6.45) is 7.71. The molecule has 0 aliphatic carbocycles. The van der Waals surface area contributed by atoms with Gasteiger partial charge in [-0.15, -0.1) is 11.3 Å². The first-order chi connectivity index (χ1) is 12.9. The molecule has 4 aromatic rings. The van der Waals surface area contributed by atoms with Gasteiger partial charge in [0, 0.05) is 34.6 Å². The van der Waals surface area contributed by atoms with E-state index in [-0.39, 0.29) is 0 Å². The Bertz CT molecular complexity index is 1080. The zero-order valence-corrected chi connectivity index (χ0v) is 15.4. The number of benzene rings is 1. The van der Waals surface area contributed by atoms with Gasteiger partial charge >= 0.3 is 0 Å². The Kier molecular flexibility index (Phi) is 4.84. The third kappa shape index (κ3) is 3.28. The molecule has 6 heteroatoms. The number of fused-ring (bicyclic) bond motifs is 1. The van der Waals surface area contributed by atoms with Crippen molar-refractivity contribution in [3.8, 4) is 11.5 Å². The third-order valence-corrected chi connectivity index (χ3v) is 5.01.